The van der Waals surface area contributed by atoms with E-state index in [0.717, 1.165) is 18.4 Å². The van der Waals surface area contributed by atoms with Crippen molar-refractivity contribution in [3.8, 4) is 0 Å². The van der Waals surface area contributed by atoms with E-state index in [0.29, 0.717) is 17.1 Å². The Kier molecular flexibility index (Phi) is 5.46. The molecule has 0 saturated carbocycles. The molecule has 1 rings (SSSR count). The first-order chi connectivity index (χ1) is 7.65. The summed E-state index contributed by atoms with van der Waals surface area (Å²) in [5.41, 5.74) is 1.43. The average molecular weight is 285 g/mol. The number of pyridine rings is 1. The maximum absolute atomic E-state index is 11.7. The van der Waals surface area contributed by atoms with E-state index in [2.05, 4.69) is 33.2 Å². The normalized spacial score (nSPS) is 12.2. The molecule has 1 aromatic heterocycles. The number of rotatable bonds is 5. The smallest absolute Gasteiger partial charge is 0.270 e. The van der Waals surface area contributed by atoms with E-state index in [1.165, 1.54) is 0 Å². The molecule has 1 amide bonds. The van der Waals surface area contributed by atoms with E-state index < -0.39 is 0 Å². The lowest BCUT2D eigenvalue weighted by Gasteiger charge is -2.08. The third kappa shape index (κ3) is 3.93. The Morgan fingerprint density at radius 3 is 3.00 bits per heavy atom. The molecular formula is C12H17BrN2O. The first-order valence-electron chi connectivity index (χ1n) is 5.49. The van der Waals surface area contributed by atoms with Crippen LogP contribution in [0.5, 0.6) is 0 Å². The van der Waals surface area contributed by atoms with Crippen LogP contribution in [0.2, 0.25) is 0 Å². The lowest BCUT2D eigenvalue weighted by atomic mass is 10.2. The zero-order valence-electron chi connectivity index (χ0n) is 9.66. The molecular weight excluding hydrogens is 268 g/mol. The molecule has 0 aliphatic heterocycles. The molecule has 1 heterocycles. The second kappa shape index (κ2) is 6.63. The van der Waals surface area contributed by atoms with Gasteiger partial charge in [-0.15, -0.1) is 0 Å². The summed E-state index contributed by atoms with van der Waals surface area (Å²) in [6, 6.07) is 3.72. The summed E-state index contributed by atoms with van der Waals surface area (Å²) >= 11 is 3.53. The van der Waals surface area contributed by atoms with Gasteiger partial charge in [-0.05, 0) is 31.4 Å². The highest BCUT2D eigenvalue weighted by atomic mass is 79.9. The molecule has 0 saturated heterocycles. The van der Waals surface area contributed by atoms with Gasteiger partial charge < -0.3 is 5.32 Å². The van der Waals surface area contributed by atoms with Crippen molar-refractivity contribution in [1.82, 2.24) is 10.3 Å². The Bertz CT molecular complexity index is 355. The fourth-order valence-corrected chi connectivity index (χ4v) is 1.58. The van der Waals surface area contributed by atoms with Crippen LogP contribution in [0, 0.1) is 6.92 Å². The number of carbonyl (C=O) groups excluding carboxylic acids is 1. The summed E-state index contributed by atoms with van der Waals surface area (Å²) in [5, 5.41) is 2.87. The average Bonchev–Trinajstić information content (AvgIpc) is 2.29. The Hall–Kier alpha value is -0.900. The van der Waals surface area contributed by atoms with Crippen molar-refractivity contribution in [3.05, 3.63) is 29.6 Å². The zero-order chi connectivity index (χ0) is 12.0. The molecule has 0 aromatic carbocycles. The Morgan fingerprint density at radius 1 is 1.62 bits per heavy atom. The fourth-order valence-electron chi connectivity index (χ4n) is 1.35. The summed E-state index contributed by atoms with van der Waals surface area (Å²) < 4.78 is 0. The molecule has 16 heavy (non-hydrogen) atoms. The summed E-state index contributed by atoms with van der Waals surface area (Å²) in [4.78, 5) is 16.3. The van der Waals surface area contributed by atoms with Crippen molar-refractivity contribution in [2.24, 2.45) is 0 Å². The number of amides is 1. The number of alkyl halides is 1. The van der Waals surface area contributed by atoms with Crippen molar-refractivity contribution >= 4 is 21.8 Å². The first kappa shape index (κ1) is 13.2. The molecule has 0 aliphatic rings. The van der Waals surface area contributed by atoms with E-state index >= 15 is 0 Å². The largest absolute Gasteiger partial charge is 0.351 e. The minimum atomic E-state index is -0.0890. The monoisotopic (exact) mass is 284 g/mol. The summed E-state index contributed by atoms with van der Waals surface area (Å²) in [6.07, 6.45) is 3.65. The molecule has 1 N–H and O–H groups in total. The van der Waals surface area contributed by atoms with Crippen LogP contribution >= 0.6 is 15.9 Å². The van der Waals surface area contributed by atoms with Gasteiger partial charge in [0.15, 0.2) is 0 Å². The summed E-state index contributed by atoms with van der Waals surface area (Å²) in [7, 11) is 0. The highest BCUT2D eigenvalue weighted by Gasteiger charge is 2.09. The molecule has 0 spiro atoms. The molecule has 1 aromatic rings. The minimum absolute atomic E-state index is 0.0890. The minimum Gasteiger partial charge on any atom is -0.351 e. The number of hydrogen-bond acceptors (Lipinski definition) is 2. The van der Waals surface area contributed by atoms with Gasteiger partial charge in [-0.3, -0.25) is 9.78 Å². The Labute approximate surface area is 105 Å². The van der Waals surface area contributed by atoms with E-state index in [4.69, 9.17) is 0 Å². The molecule has 0 bridgehead atoms. The van der Waals surface area contributed by atoms with Crippen molar-refractivity contribution in [1.29, 1.82) is 0 Å². The Balaban J connectivity index is 2.44. The molecule has 1 atom stereocenters. The number of hydrogen-bond donors (Lipinski definition) is 1. The standard InChI is InChI=1S/C12H17BrN2O/c1-3-10(13)6-8-15-12(16)11-9(2)5-4-7-14-11/h4-5,7,10H,3,6,8H2,1-2H3,(H,15,16). The van der Waals surface area contributed by atoms with Gasteiger partial charge in [-0.1, -0.05) is 28.9 Å². The number of aromatic nitrogens is 1. The van der Waals surface area contributed by atoms with Crippen molar-refractivity contribution in [2.75, 3.05) is 6.54 Å². The predicted molar refractivity (Wildman–Crippen MR) is 68.9 cm³/mol. The Morgan fingerprint density at radius 2 is 2.38 bits per heavy atom. The van der Waals surface area contributed by atoms with Crippen molar-refractivity contribution in [3.63, 3.8) is 0 Å². The molecule has 88 valence electrons. The van der Waals surface area contributed by atoms with Gasteiger partial charge in [0, 0.05) is 17.6 Å². The fraction of sp³-hybridized carbons (Fsp3) is 0.500. The summed E-state index contributed by atoms with van der Waals surface area (Å²) in [5.74, 6) is -0.0890. The van der Waals surface area contributed by atoms with E-state index in [1.807, 2.05) is 19.1 Å². The van der Waals surface area contributed by atoms with Gasteiger partial charge in [0.2, 0.25) is 0 Å². The zero-order valence-corrected chi connectivity index (χ0v) is 11.3. The lowest BCUT2D eigenvalue weighted by molar-refractivity contribution is 0.0947. The van der Waals surface area contributed by atoms with Gasteiger partial charge in [0.1, 0.15) is 5.69 Å². The van der Waals surface area contributed by atoms with Gasteiger partial charge in [0.05, 0.1) is 0 Å². The maximum Gasteiger partial charge on any atom is 0.270 e. The number of halogens is 1. The molecule has 0 fully saturated rings. The van der Waals surface area contributed by atoms with Crippen LogP contribution in [-0.4, -0.2) is 22.3 Å². The third-order valence-electron chi connectivity index (χ3n) is 2.41. The summed E-state index contributed by atoms with van der Waals surface area (Å²) in [6.45, 7) is 4.68. The molecule has 3 nitrogen and oxygen atoms in total. The lowest BCUT2D eigenvalue weighted by Crippen LogP contribution is -2.27. The van der Waals surface area contributed by atoms with E-state index in [-0.39, 0.29) is 5.91 Å². The second-order valence-corrected chi connectivity index (χ2v) is 5.01. The SMILES string of the molecule is CCC(Br)CCNC(=O)c1ncccc1C. The predicted octanol–water partition coefficient (Wildman–Crippen LogP) is 2.68. The molecule has 1 unspecified atom stereocenters. The maximum atomic E-state index is 11.7. The van der Waals surface area contributed by atoms with Crippen molar-refractivity contribution < 1.29 is 4.79 Å². The topological polar surface area (TPSA) is 42.0 Å². The highest BCUT2D eigenvalue weighted by molar-refractivity contribution is 9.09. The number of carbonyl (C=O) groups is 1. The highest BCUT2D eigenvalue weighted by Crippen LogP contribution is 2.08. The van der Waals surface area contributed by atoms with Gasteiger partial charge >= 0.3 is 0 Å². The second-order valence-electron chi connectivity index (χ2n) is 3.72. The number of nitrogens with zero attached hydrogens (tertiary/aromatic N) is 1. The van der Waals surface area contributed by atoms with Gasteiger partial charge in [-0.2, -0.15) is 0 Å². The van der Waals surface area contributed by atoms with Gasteiger partial charge in [-0.25, -0.2) is 0 Å². The van der Waals surface area contributed by atoms with Crippen molar-refractivity contribution in [2.45, 2.75) is 31.5 Å². The molecule has 0 aliphatic carbocycles. The first-order valence-corrected chi connectivity index (χ1v) is 6.40. The quantitative estimate of drug-likeness (QED) is 0.845. The van der Waals surface area contributed by atoms with Gasteiger partial charge in [0.25, 0.3) is 5.91 Å². The van der Waals surface area contributed by atoms with Crippen LogP contribution in [-0.2, 0) is 0 Å². The van der Waals surface area contributed by atoms with Crippen LogP contribution in [0.15, 0.2) is 18.3 Å². The van der Waals surface area contributed by atoms with Crippen LogP contribution in [0.25, 0.3) is 0 Å². The van der Waals surface area contributed by atoms with E-state index in [9.17, 15) is 4.79 Å². The number of nitrogens with one attached hydrogen (secondary N) is 1. The van der Waals surface area contributed by atoms with E-state index in [1.54, 1.807) is 6.20 Å². The van der Waals surface area contributed by atoms with Crippen LogP contribution in [0.1, 0.15) is 35.8 Å². The van der Waals surface area contributed by atoms with Crippen LogP contribution < -0.4 is 5.32 Å². The molecule has 0 radical (unpaired) electrons. The van der Waals surface area contributed by atoms with Crippen LogP contribution in [0.4, 0.5) is 0 Å². The third-order valence-corrected chi connectivity index (χ3v) is 3.52. The number of aryl methyl sites for hydroxylation is 1. The molecule has 4 heteroatoms. The van der Waals surface area contributed by atoms with Crippen LogP contribution in [0.3, 0.4) is 0 Å².